The number of hydrogen-bond acceptors (Lipinski definition) is 5. The fourth-order valence-electron chi connectivity index (χ4n) is 2.99. The van der Waals surface area contributed by atoms with Crippen molar-refractivity contribution >= 4 is 22.7 Å². The summed E-state index contributed by atoms with van der Waals surface area (Å²) in [5.41, 5.74) is 0.959. The quantitative estimate of drug-likeness (QED) is 0.820. The Bertz CT molecular complexity index is 830. The predicted octanol–water partition coefficient (Wildman–Crippen LogP) is 0.603. The van der Waals surface area contributed by atoms with E-state index < -0.39 is 0 Å². The normalized spacial score (nSPS) is 17.9. The predicted molar refractivity (Wildman–Crippen MR) is 87.6 cm³/mol. The zero-order chi connectivity index (χ0) is 17.1. The van der Waals surface area contributed by atoms with E-state index in [0.29, 0.717) is 30.8 Å². The van der Waals surface area contributed by atoms with Gasteiger partial charge >= 0.3 is 0 Å². The van der Waals surface area contributed by atoms with Crippen molar-refractivity contribution in [2.75, 3.05) is 19.8 Å². The molecule has 24 heavy (non-hydrogen) atoms. The van der Waals surface area contributed by atoms with Crippen molar-refractivity contribution in [2.24, 2.45) is 0 Å². The van der Waals surface area contributed by atoms with Crippen molar-refractivity contribution in [1.82, 2.24) is 14.5 Å². The lowest BCUT2D eigenvalue weighted by Gasteiger charge is -2.35. The third-order valence-corrected chi connectivity index (χ3v) is 4.12. The van der Waals surface area contributed by atoms with E-state index in [-0.39, 0.29) is 36.3 Å². The molecule has 0 saturated carbocycles. The average Bonchev–Trinajstić information content (AvgIpc) is 2.57. The van der Waals surface area contributed by atoms with Crippen LogP contribution in [-0.4, -0.2) is 51.9 Å². The number of aromatic nitrogens is 2. The highest BCUT2D eigenvalue weighted by atomic mass is 16.5. The van der Waals surface area contributed by atoms with Gasteiger partial charge in [0.25, 0.3) is 5.56 Å². The Morgan fingerprint density at radius 2 is 2.12 bits per heavy atom. The fourth-order valence-corrected chi connectivity index (χ4v) is 2.99. The maximum atomic E-state index is 12.7. The van der Waals surface area contributed by atoms with Crippen LogP contribution in [0.3, 0.4) is 0 Å². The summed E-state index contributed by atoms with van der Waals surface area (Å²) in [6.45, 7) is 2.63. The van der Waals surface area contributed by atoms with Crippen LogP contribution in [0.1, 0.15) is 13.3 Å². The fraction of sp³-hybridized carbons (Fsp3) is 0.412. The second-order valence-corrected chi connectivity index (χ2v) is 5.89. The zero-order valence-electron chi connectivity index (χ0n) is 13.5. The van der Waals surface area contributed by atoms with Crippen molar-refractivity contribution in [2.45, 2.75) is 25.9 Å². The molecule has 126 valence electrons. The van der Waals surface area contributed by atoms with Gasteiger partial charge < -0.3 is 9.64 Å². The molecule has 1 amide bonds. The molecule has 1 aromatic heterocycles. The number of hydrogen-bond donors (Lipinski definition) is 0. The standard InChI is InChI=1S/C17H19N3O4/c1-12(21)8-13-11-24-7-6-19(13)17(23)10-20-15-5-3-2-4-14(15)18-9-16(20)22/h2-5,9,13H,6-8,10-11H2,1H3. The van der Waals surface area contributed by atoms with E-state index >= 15 is 0 Å². The van der Waals surface area contributed by atoms with E-state index in [0.717, 1.165) is 0 Å². The number of para-hydroxylation sites is 2. The molecule has 0 aliphatic carbocycles. The molecule has 0 N–H and O–H groups in total. The molecule has 1 aliphatic rings. The van der Waals surface area contributed by atoms with E-state index in [1.165, 1.54) is 17.7 Å². The van der Waals surface area contributed by atoms with Gasteiger partial charge in [0.1, 0.15) is 12.3 Å². The van der Waals surface area contributed by atoms with Gasteiger partial charge in [0.15, 0.2) is 0 Å². The summed E-state index contributed by atoms with van der Waals surface area (Å²) in [6.07, 6.45) is 1.49. The van der Waals surface area contributed by atoms with Gasteiger partial charge in [-0.2, -0.15) is 0 Å². The number of amides is 1. The minimum atomic E-state index is -0.321. The molecular weight excluding hydrogens is 310 g/mol. The first-order chi connectivity index (χ1) is 11.6. The van der Waals surface area contributed by atoms with E-state index in [1.54, 1.807) is 23.1 Å². The third-order valence-electron chi connectivity index (χ3n) is 4.12. The topological polar surface area (TPSA) is 81.5 Å². The maximum absolute atomic E-state index is 12.7. The Morgan fingerprint density at radius 1 is 1.33 bits per heavy atom. The summed E-state index contributed by atoms with van der Waals surface area (Å²) in [5, 5.41) is 0. The van der Waals surface area contributed by atoms with Crippen molar-refractivity contribution in [3.63, 3.8) is 0 Å². The van der Waals surface area contributed by atoms with Gasteiger partial charge in [0.05, 0.1) is 36.5 Å². The molecule has 7 heteroatoms. The molecule has 0 radical (unpaired) electrons. The third kappa shape index (κ3) is 3.35. The second kappa shape index (κ2) is 6.92. The molecular formula is C17H19N3O4. The van der Waals surface area contributed by atoms with E-state index in [2.05, 4.69) is 4.98 Å². The smallest absolute Gasteiger partial charge is 0.269 e. The molecule has 1 saturated heterocycles. The lowest BCUT2D eigenvalue weighted by Crippen LogP contribution is -2.51. The molecule has 0 bridgehead atoms. The Hall–Kier alpha value is -2.54. The summed E-state index contributed by atoms with van der Waals surface area (Å²) in [6, 6.07) is 6.92. The number of carbonyl (C=O) groups excluding carboxylic acids is 2. The van der Waals surface area contributed by atoms with Gasteiger partial charge in [-0.25, -0.2) is 4.98 Å². The highest BCUT2D eigenvalue weighted by Crippen LogP contribution is 2.14. The minimum Gasteiger partial charge on any atom is -0.377 e. The van der Waals surface area contributed by atoms with Crippen LogP contribution in [-0.2, 0) is 20.9 Å². The first-order valence-corrected chi connectivity index (χ1v) is 7.87. The van der Waals surface area contributed by atoms with Crippen LogP contribution in [0.4, 0.5) is 0 Å². The van der Waals surface area contributed by atoms with Crippen molar-refractivity contribution < 1.29 is 14.3 Å². The molecule has 2 aromatic rings. The Labute approximate surface area is 138 Å². The SMILES string of the molecule is CC(=O)CC1COCCN1C(=O)Cn1c(=O)cnc2ccccc21. The Morgan fingerprint density at radius 3 is 2.92 bits per heavy atom. The number of ether oxygens (including phenoxy) is 1. The zero-order valence-corrected chi connectivity index (χ0v) is 13.5. The summed E-state index contributed by atoms with van der Waals surface area (Å²) in [5.74, 6) is -0.183. The molecule has 2 heterocycles. The first kappa shape index (κ1) is 16.3. The van der Waals surface area contributed by atoms with E-state index in [1.807, 2.05) is 6.07 Å². The summed E-state index contributed by atoms with van der Waals surface area (Å²) in [4.78, 5) is 42.0. The highest BCUT2D eigenvalue weighted by Gasteiger charge is 2.28. The number of ketones is 1. The van der Waals surface area contributed by atoms with Crippen molar-refractivity contribution in [1.29, 1.82) is 0 Å². The van der Waals surface area contributed by atoms with Gasteiger partial charge in [-0.15, -0.1) is 0 Å². The Kier molecular flexibility index (Phi) is 4.71. The van der Waals surface area contributed by atoms with E-state index in [4.69, 9.17) is 4.74 Å². The molecule has 7 nitrogen and oxygen atoms in total. The number of benzene rings is 1. The highest BCUT2D eigenvalue weighted by molar-refractivity contribution is 5.81. The van der Waals surface area contributed by atoms with Crippen LogP contribution >= 0.6 is 0 Å². The van der Waals surface area contributed by atoms with Gasteiger partial charge in [0, 0.05) is 13.0 Å². The first-order valence-electron chi connectivity index (χ1n) is 7.87. The Balaban J connectivity index is 1.87. The molecule has 0 spiro atoms. The van der Waals surface area contributed by atoms with Crippen LogP contribution in [0.25, 0.3) is 11.0 Å². The van der Waals surface area contributed by atoms with Crippen LogP contribution < -0.4 is 5.56 Å². The van der Waals surface area contributed by atoms with E-state index in [9.17, 15) is 14.4 Å². The van der Waals surface area contributed by atoms with Crippen molar-refractivity contribution in [3.05, 3.63) is 40.8 Å². The molecule has 1 aliphatic heterocycles. The second-order valence-electron chi connectivity index (χ2n) is 5.89. The average molecular weight is 329 g/mol. The van der Waals surface area contributed by atoms with Crippen LogP contribution in [0.5, 0.6) is 0 Å². The molecule has 1 unspecified atom stereocenters. The van der Waals surface area contributed by atoms with Crippen LogP contribution in [0.2, 0.25) is 0 Å². The van der Waals surface area contributed by atoms with Gasteiger partial charge in [-0.1, -0.05) is 12.1 Å². The number of rotatable bonds is 4. The number of morpholine rings is 1. The summed E-state index contributed by atoms with van der Waals surface area (Å²) in [7, 11) is 0. The summed E-state index contributed by atoms with van der Waals surface area (Å²) >= 11 is 0. The molecule has 1 atom stereocenters. The lowest BCUT2D eigenvalue weighted by molar-refractivity contribution is -0.141. The van der Waals surface area contributed by atoms with Crippen LogP contribution in [0, 0.1) is 0 Å². The molecule has 3 rings (SSSR count). The monoisotopic (exact) mass is 329 g/mol. The van der Waals surface area contributed by atoms with Gasteiger partial charge in [0.2, 0.25) is 5.91 Å². The number of fused-ring (bicyclic) bond motifs is 1. The maximum Gasteiger partial charge on any atom is 0.269 e. The molecule has 1 aromatic carbocycles. The number of carbonyl (C=O) groups is 2. The largest absolute Gasteiger partial charge is 0.377 e. The van der Waals surface area contributed by atoms with Gasteiger partial charge in [-0.3, -0.25) is 19.0 Å². The lowest BCUT2D eigenvalue weighted by atomic mass is 10.1. The number of Topliss-reactive ketones (excluding diaryl/α,β-unsaturated/α-hetero) is 1. The van der Waals surface area contributed by atoms with Crippen LogP contribution in [0.15, 0.2) is 35.3 Å². The molecule has 1 fully saturated rings. The summed E-state index contributed by atoms with van der Waals surface area (Å²) < 4.78 is 6.80. The van der Waals surface area contributed by atoms with Gasteiger partial charge in [-0.05, 0) is 19.1 Å². The van der Waals surface area contributed by atoms with Crippen molar-refractivity contribution in [3.8, 4) is 0 Å². The minimum absolute atomic E-state index is 0.00910. The number of nitrogens with zero attached hydrogens (tertiary/aromatic N) is 3.